The largest absolute Gasteiger partial charge is 0.463 e. The van der Waals surface area contributed by atoms with Gasteiger partial charge in [-0.1, -0.05) is 87.1 Å². The van der Waals surface area contributed by atoms with Crippen LogP contribution in [0.2, 0.25) is 0 Å². The van der Waals surface area contributed by atoms with Crippen molar-refractivity contribution in [3.8, 4) is 0 Å². The van der Waals surface area contributed by atoms with Crippen LogP contribution in [0.4, 0.5) is 5.95 Å². The van der Waals surface area contributed by atoms with Gasteiger partial charge in [0, 0.05) is 11.4 Å². The molecule has 33 heavy (non-hydrogen) atoms. The van der Waals surface area contributed by atoms with Gasteiger partial charge >= 0.3 is 5.97 Å². The molecule has 4 rings (SSSR count). The molecule has 0 aliphatic carbocycles. The van der Waals surface area contributed by atoms with Gasteiger partial charge in [-0.25, -0.2) is 9.48 Å². The van der Waals surface area contributed by atoms with Crippen LogP contribution < -0.4 is 5.32 Å². The molecule has 0 bridgehead atoms. The topological polar surface area (TPSA) is 69.0 Å². The third kappa shape index (κ3) is 4.98. The van der Waals surface area contributed by atoms with E-state index in [2.05, 4.69) is 62.5 Å². The highest BCUT2D eigenvalue weighted by Gasteiger charge is 2.35. The molecule has 1 aliphatic rings. The number of carbonyl (C=O) groups excluding carboxylic acids is 1. The van der Waals surface area contributed by atoms with Crippen molar-refractivity contribution in [2.24, 2.45) is 0 Å². The highest BCUT2D eigenvalue weighted by atomic mass is 32.2. The lowest BCUT2D eigenvalue weighted by atomic mass is 9.85. The molecule has 3 aromatic rings. The third-order valence-electron chi connectivity index (χ3n) is 5.63. The van der Waals surface area contributed by atoms with Crippen LogP contribution in [-0.4, -0.2) is 27.3 Å². The second-order valence-electron chi connectivity index (χ2n) is 9.10. The second kappa shape index (κ2) is 9.43. The SMILES string of the molecule is CCOC(=O)C1=C(C)Nc2nc(SCc3ccccc3)nn2C1c1ccc(C(C)(C)C)cc1. The average molecular weight is 463 g/mol. The third-order valence-corrected chi connectivity index (χ3v) is 6.54. The maximum absolute atomic E-state index is 13.0. The zero-order valence-corrected chi connectivity index (χ0v) is 20.6. The Labute approximate surface area is 199 Å². The van der Waals surface area contributed by atoms with E-state index in [1.807, 2.05) is 32.0 Å². The van der Waals surface area contributed by atoms with E-state index in [1.54, 1.807) is 16.4 Å². The first-order valence-corrected chi connectivity index (χ1v) is 12.1. The Balaban J connectivity index is 1.71. The summed E-state index contributed by atoms with van der Waals surface area (Å²) in [5, 5.41) is 8.71. The monoisotopic (exact) mass is 462 g/mol. The van der Waals surface area contributed by atoms with Crippen LogP contribution in [0.5, 0.6) is 0 Å². The highest BCUT2D eigenvalue weighted by molar-refractivity contribution is 7.98. The molecule has 172 valence electrons. The first-order chi connectivity index (χ1) is 15.8. The first kappa shape index (κ1) is 23.1. The van der Waals surface area contributed by atoms with Crippen molar-refractivity contribution < 1.29 is 9.53 Å². The molecule has 0 spiro atoms. The van der Waals surface area contributed by atoms with Crippen molar-refractivity contribution in [1.29, 1.82) is 0 Å². The van der Waals surface area contributed by atoms with Crippen LogP contribution in [0.1, 0.15) is 57.4 Å². The van der Waals surface area contributed by atoms with Gasteiger partial charge in [0.15, 0.2) is 0 Å². The Bertz CT molecular complexity index is 1160. The summed E-state index contributed by atoms with van der Waals surface area (Å²) in [6.07, 6.45) is 0. The summed E-state index contributed by atoms with van der Waals surface area (Å²) in [6, 6.07) is 18.2. The zero-order valence-electron chi connectivity index (χ0n) is 19.8. The van der Waals surface area contributed by atoms with E-state index in [1.165, 1.54) is 11.1 Å². The molecular formula is C26H30N4O2S. The number of hydrogen-bond acceptors (Lipinski definition) is 6. The fraction of sp³-hybridized carbons (Fsp3) is 0.346. The van der Waals surface area contributed by atoms with Gasteiger partial charge in [-0.3, -0.25) is 0 Å². The van der Waals surface area contributed by atoms with E-state index in [0.29, 0.717) is 23.3 Å². The van der Waals surface area contributed by atoms with Gasteiger partial charge < -0.3 is 10.1 Å². The van der Waals surface area contributed by atoms with Crippen molar-refractivity contribution in [3.05, 3.63) is 82.6 Å². The summed E-state index contributed by atoms with van der Waals surface area (Å²) >= 11 is 1.57. The molecule has 7 heteroatoms. The molecule has 0 fully saturated rings. The van der Waals surface area contributed by atoms with Crippen LogP contribution in [0.15, 0.2) is 71.0 Å². The molecule has 6 nitrogen and oxygen atoms in total. The number of ether oxygens (including phenoxy) is 1. The van der Waals surface area contributed by atoms with Gasteiger partial charge in [-0.15, -0.1) is 5.10 Å². The predicted octanol–water partition coefficient (Wildman–Crippen LogP) is 5.72. The molecule has 1 atom stereocenters. The van der Waals surface area contributed by atoms with Crippen molar-refractivity contribution in [1.82, 2.24) is 14.8 Å². The standard InChI is InChI=1S/C26H30N4O2S/c1-6-32-23(31)21-17(2)27-24-28-25(33-16-18-10-8-7-9-11-18)29-30(24)22(21)19-12-14-20(15-13-19)26(3,4)5/h7-15,22H,6,16H2,1-5H3,(H,27,28,29). The van der Waals surface area contributed by atoms with Gasteiger partial charge in [0.1, 0.15) is 6.04 Å². The zero-order chi connectivity index (χ0) is 23.6. The molecule has 1 aromatic heterocycles. The van der Waals surface area contributed by atoms with Gasteiger partial charge in [-0.2, -0.15) is 4.98 Å². The number of allylic oxidation sites excluding steroid dienone is 1. The number of nitrogens with one attached hydrogen (secondary N) is 1. The Kier molecular flexibility index (Phi) is 6.61. The number of hydrogen-bond donors (Lipinski definition) is 1. The molecular weight excluding hydrogens is 432 g/mol. The van der Waals surface area contributed by atoms with E-state index in [-0.39, 0.29) is 11.4 Å². The molecule has 0 saturated heterocycles. The van der Waals surface area contributed by atoms with Crippen LogP contribution in [0.25, 0.3) is 0 Å². The number of rotatable bonds is 6. The van der Waals surface area contributed by atoms with Crippen molar-refractivity contribution >= 4 is 23.7 Å². The number of anilines is 1. The number of carbonyl (C=O) groups is 1. The lowest BCUT2D eigenvalue weighted by Gasteiger charge is -2.28. The number of nitrogens with zero attached hydrogens (tertiary/aromatic N) is 3. The minimum absolute atomic E-state index is 0.0437. The van der Waals surface area contributed by atoms with Crippen LogP contribution in [0, 0.1) is 0 Å². The summed E-state index contributed by atoms with van der Waals surface area (Å²) in [5.74, 6) is 1.06. The number of thioether (sulfide) groups is 1. The Morgan fingerprint density at radius 3 is 2.45 bits per heavy atom. The van der Waals surface area contributed by atoms with E-state index in [4.69, 9.17) is 14.8 Å². The maximum Gasteiger partial charge on any atom is 0.338 e. The predicted molar refractivity (Wildman–Crippen MR) is 132 cm³/mol. The summed E-state index contributed by atoms with van der Waals surface area (Å²) < 4.78 is 7.21. The van der Waals surface area contributed by atoms with E-state index in [9.17, 15) is 4.79 Å². The van der Waals surface area contributed by atoms with E-state index in [0.717, 1.165) is 17.0 Å². The minimum Gasteiger partial charge on any atom is -0.463 e. The summed E-state index contributed by atoms with van der Waals surface area (Å²) in [4.78, 5) is 17.7. The highest BCUT2D eigenvalue weighted by Crippen LogP contribution is 2.37. The lowest BCUT2D eigenvalue weighted by molar-refractivity contribution is -0.139. The van der Waals surface area contributed by atoms with Crippen LogP contribution in [-0.2, 0) is 20.7 Å². The smallest absolute Gasteiger partial charge is 0.338 e. The first-order valence-electron chi connectivity index (χ1n) is 11.2. The number of benzene rings is 2. The van der Waals surface area contributed by atoms with Gasteiger partial charge in [0.2, 0.25) is 11.1 Å². The van der Waals surface area contributed by atoms with Crippen molar-refractivity contribution in [2.45, 2.75) is 57.0 Å². The Hall–Kier alpha value is -3.06. The Morgan fingerprint density at radius 2 is 1.82 bits per heavy atom. The maximum atomic E-state index is 13.0. The average Bonchev–Trinajstić information content (AvgIpc) is 3.19. The molecule has 2 heterocycles. The normalized spacial score (nSPS) is 15.7. The van der Waals surface area contributed by atoms with Crippen LogP contribution in [0.3, 0.4) is 0 Å². The molecule has 1 aliphatic heterocycles. The second-order valence-corrected chi connectivity index (χ2v) is 10.0. The summed E-state index contributed by atoms with van der Waals surface area (Å²) in [6.45, 7) is 10.6. The molecule has 0 saturated carbocycles. The number of esters is 1. The Morgan fingerprint density at radius 1 is 1.12 bits per heavy atom. The molecule has 1 unspecified atom stereocenters. The minimum atomic E-state index is -0.409. The van der Waals surface area contributed by atoms with E-state index >= 15 is 0 Å². The molecule has 1 N–H and O–H groups in total. The fourth-order valence-electron chi connectivity index (χ4n) is 3.86. The molecule has 2 aromatic carbocycles. The van der Waals surface area contributed by atoms with Crippen molar-refractivity contribution in [2.75, 3.05) is 11.9 Å². The fourth-order valence-corrected chi connectivity index (χ4v) is 4.65. The summed E-state index contributed by atoms with van der Waals surface area (Å²) in [5.41, 5.74) is 4.74. The van der Waals surface area contributed by atoms with Gasteiger partial charge in [0.05, 0.1) is 12.2 Å². The van der Waals surface area contributed by atoms with Crippen LogP contribution >= 0.6 is 11.8 Å². The van der Waals surface area contributed by atoms with E-state index < -0.39 is 6.04 Å². The number of fused-ring (bicyclic) bond motifs is 1. The van der Waals surface area contributed by atoms with Crippen molar-refractivity contribution in [3.63, 3.8) is 0 Å². The summed E-state index contributed by atoms with van der Waals surface area (Å²) in [7, 11) is 0. The van der Waals surface area contributed by atoms with Gasteiger partial charge in [-0.05, 0) is 36.0 Å². The van der Waals surface area contributed by atoms with Gasteiger partial charge in [0.25, 0.3) is 0 Å². The molecule has 0 amide bonds. The quantitative estimate of drug-likeness (QED) is 0.373. The molecule has 0 radical (unpaired) electrons. The lowest BCUT2D eigenvalue weighted by Crippen LogP contribution is -2.29. The number of aromatic nitrogens is 3.